The van der Waals surface area contributed by atoms with Gasteiger partial charge in [-0.05, 0) is 6.07 Å². The van der Waals surface area contributed by atoms with Crippen LogP contribution in [-0.2, 0) is 9.47 Å². The van der Waals surface area contributed by atoms with Gasteiger partial charge in [0, 0.05) is 17.1 Å². The third-order valence-electron chi connectivity index (χ3n) is 1.58. The van der Waals surface area contributed by atoms with E-state index in [1.54, 1.807) is 7.11 Å². The zero-order valence-corrected chi connectivity index (χ0v) is 8.95. The molecule has 1 atom stereocenters. The van der Waals surface area contributed by atoms with Gasteiger partial charge in [-0.3, -0.25) is 0 Å². The second-order valence-electron chi connectivity index (χ2n) is 2.52. The van der Waals surface area contributed by atoms with Gasteiger partial charge in [-0.2, -0.15) is 0 Å². The van der Waals surface area contributed by atoms with Crippen molar-refractivity contribution in [3.63, 3.8) is 0 Å². The second-order valence-corrected chi connectivity index (χ2v) is 3.37. The van der Waals surface area contributed by atoms with Crippen LogP contribution in [0.25, 0.3) is 0 Å². The normalized spacial score (nSPS) is 12.8. The Kier molecular flexibility index (Phi) is 4.38. The van der Waals surface area contributed by atoms with Gasteiger partial charge in [0.25, 0.3) is 0 Å². The van der Waals surface area contributed by atoms with Crippen LogP contribution in [-0.4, -0.2) is 13.9 Å². The molecule has 3 nitrogen and oxygen atoms in total. The van der Waals surface area contributed by atoms with Crippen molar-refractivity contribution in [1.29, 1.82) is 0 Å². The molecule has 72 valence electrons. The van der Waals surface area contributed by atoms with Gasteiger partial charge < -0.3 is 15.2 Å². The van der Waals surface area contributed by atoms with Crippen LogP contribution in [0.2, 0.25) is 0 Å². The molecule has 0 spiro atoms. The van der Waals surface area contributed by atoms with Gasteiger partial charge in [-0.25, -0.2) is 0 Å². The molecule has 0 aromatic heterocycles. The smallest absolute Gasteiger partial charge is 0.148 e. The number of nitrogens with two attached hydrogens (primary N) is 1. The first kappa shape index (κ1) is 10.7. The van der Waals surface area contributed by atoms with Crippen LogP contribution in [0.5, 0.6) is 0 Å². The maximum atomic E-state index is 5.75. The fourth-order valence-electron chi connectivity index (χ4n) is 0.937. The van der Waals surface area contributed by atoms with Crippen molar-refractivity contribution in [2.24, 2.45) is 5.73 Å². The molecule has 1 unspecified atom stereocenters. The van der Waals surface area contributed by atoms with Gasteiger partial charge in [0.15, 0.2) is 0 Å². The number of halogens is 1. The van der Waals surface area contributed by atoms with Gasteiger partial charge in [-0.15, -0.1) is 0 Å². The lowest BCUT2D eigenvalue weighted by Gasteiger charge is -2.13. The standard InChI is InChI=1S/C9H12BrNO2/c1-12-6-13-9(11)7-4-2-3-5-8(7)10/h2-5,9H,6,11H2,1H3. The predicted molar refractivity (Wildman–Crippen MR) is 54.0 cm³/mol. The molecule has 0 saturated heterocycles. The van der Waals surface area contributed by atoms with E-state index in [0.29, 0.717) is 0 Å². The van der Waals surface area contributed by atoms with Crippen LogP contribution in [0.4, 0.5) is 0 Å². The highest BCUT2D eigenvalue weighted by Gasteiger charge is 2.08. The average molecular weight is 246 g/mol. The molecule has 0 saturated carbocycles. The molecule has 13 heavy (non-hydrogen) atoms. The number of ether oxygens (including phenoxy) is 2. The summed E-state index contributed by atoms with van der Waals surface area (Å²) in [7, 11) is 1.56. The third kappa shape index (κ3) is 3.08. The molecule has 4 heteroatoms. The van der Waals surface area contributed by atoms with Gasteiger partial charge >= 0.3 is 0 Å². The largest absolute Gasteiger partial charge is 0.359 e. The first-order chi connectivity index (χ1) is 6.25. The van der Waals surface area contributed by atoms with E-state index in [1.807, 2.05) is 24.3 Å². The third-order valence-corrected chi connectivity index (χ3v) is 2.30. The number of hydrogen-bond acceptors (Lipinski definition) is 3. The summed E-state index contributed by atoms with van der Waals surface area (Å²) >= 11 is 3.39. The van der Waals surface area contributed by atoms with Crippen LogP contribution < -0.4 is 5.73 Å². The Morgan fingerprint density at radius 3 is 2.77 bits per heavy atom. The summed E-state index contributed by atoms with van der Waals surface area (Å²) in [4.78, 5) is 0. The fourth-order valence-corrected chi connectivity index (χ4v) is 1.45. The minimum Gasteiger partial charge on any atom is -0.359 e. The van der Waals surface area contributed by atoms with Crippen molar-refractivity contribution in [3.05, 3.63) is 34.3 Å². The molecule has 1 rings (SSSR count). The second kappa shape index (κ2) is 5.34. The van der Waals surface area contributed by atoms with E-state index in [1.165, 1.54) is 0 Å². The Morgan fingerprint density at radius 2 is 2.15 bits per heavy atom. The van der Waals surface area contributed by atoms with E-state index in [-0.39, 0.29) is 6.79 Å². The molecule has 0 heterocycles. The SMILES string of the molecule is COCOC(N)c1ccccc1Br. The van der Waals surface area contributed by atoms with E-state index in [9.17, 15) is 0 Å². The minimum atomic E-state index is -0.449. The van der Waals surface area contributed by atoms with E-state index >= 15 is 0 Å². The Labute approximate surface area is 86.0 Å². The monoisotopic (exact) mass is 245 g/mol. The van der Waals surface area contributed by atoms with E-state index in [0.717, 1.165) is 10.0 Å². The van der Waals surface area contributed by atoms with E-state index in [4.69, 9.17) is 15.2 Å². The lowest BCUT2D eigenvalue weighted by atomic mass is 10.2. The highest BCUT2D eigenvalue weighted by atomic mass is 79.9. The highest BCUT2D eigenvalue weighted by molar-refractivity contribution is 9.10. The number of benzene rings is 1. The summed E-state index contributed by atoms with van der Waals surface area (Å²) in [6.45, 7) is 0.197. The van der Waals surface area contributed by atoms with Crippen molar-refractivity contribution in [1.82, 2.24) is 0 Å². The highest BCUT2D eigenvalue weighted by Crippen LogP contribution is 2.21. The van der Waals surface area contributed by atoms with Crippen molar-refractivity contribution in [2.45, 2.75) is 6.23 Å². The zero-order valence-electron chi connectivity index (χ0n) is 7.37. The van der Waals surface area contributed by atoms with Crippen LogP contribution in [0.1, 0.15) is 11.8 Å². The Balaban J connectivity index is 2.65. The van der Waals surface area contributed by atoms with Gasteiger partial charge in [0.1, 0.15) is 13.0 Å². The van der Waals surface area contributed by atoms with Crippen molar-refractivity contribution < 1.29 is 9.47 Å². The van der Waals surface area contributed by atoms with Gasteiger partial charge in [0.05, 0.1) is 0 Å². The fraction of sp³-hybridized carbons (Fsp3) is 0.333. The average Bonchev–Trinajstić information content (AvgIpc) is 2.15. The molecule has 1 aromatic rings. The zero-order chi connectivity index (χ0) is 9.68. The first-order valence-electron chi connectivity index (χ1n) is 3.86. The molecule has 2 N–H and O–H groups in total. The Bertz CT molecular complexity index is 268. The summed E-state index contributed by atoms with van der Waals surface area (Å²) in [6, 6.07) is 7.67. The summed E-state index contributed by atoms with van der Waals surface area (Å²) < 4.78 is 10.9. The molecule has 0 fully saturated rings. The van der Waals surface area contributed by atoms with Crippen molar-refractivity contribution >= 4 is 15.9 Å². The lowest BCUT2D eigenvalue weighted by Crippen LogP contribution is -2.16. The molecule has 0 radical (unpaired) electrons. The molecule has 0 amide bonds. The van der Waals surface area contributed by atoms with Crippen LogP contribution in [0.3, 0.4) is 0 Å². The molecular formula is C9H12BrNO2. The molecule has 0 bridgehead atoms. The topological polar surface area (TPSA) is 44.5 Å². The molecule has 0 aliphatic carbocycles. The number of hydrogen-bond donors (Lipinski definition) is 1. The molecular weight excluding hydrogens is 234 g/mol. The summed E-state index contributed by atoms with van der Waals surface area (Å²) in [5.74, 6) is 0. The maximum absolute atomic E-state index is 5.75. The number of methoxy groups -OCH3 is 1. The molecule has 0 aliphatic heterocycles. The van der Waals surface area contributed by atoms with Crippen LogP contribution >= 0.6 is 15.9 Å². The van der Waals surface area contributed by atoms with E-state index in [2.05, 4.69) is 15.9 Å². The van der Waals surface area contributed by atoms with Gasteiger partial charge in [-0.1, -0.05) is 34.1 Å². The van der Waals surface area contributed by atoms with Crippen LogP contribution in [0.15, 0.2) is 28.7 Å². The van der Waals surface area contributed by atoms with Gasteiger partial charge in [0.2, 0.25) is 0 Å². The predicted octanol–water partition coefficient (Wildman–Crippen LogP) is 2.03. The van der Waals surface area contributed by atoms with E-state index < -0.39 is 6.23 Å². The summed E-state index contributed by atoms with van der Waals surface area (Å²) in [5, 5.41) is 0. The molecule has 0 aliphatic rings. The first-order valence-corrected chi connectivity index (χ1v) is 4.65. The minimum absolute atomic E-state index is 0.197. The number of rotatable bonds is 4. The Morgan fingerprint density at radius 1 is 1.46 bits per heavy atom. The molecule has 1 aromatic carbocycles. The summed E-state index contributed by atoms with van der Waals surface area (Å²) in [5.41, 5.74) is 6.67. The van der Waals surface area contributed by atoms with Crippen molar-refractivity contribution in [3.8, 4) is 0 Å². The van der Waals surface area contributed by atoms with Crippen LogP contribution in [0, 0.1) is 0 Å². The van der Waals surface area contributed by atoms with Crippen molar-refractivity contribution in [2.75, 3.05) is 13.9 Å². The lowest BCUT2D eigenvalue weighted by molar-refractivity contribution is -0.0712. The maximum Gasteiger partial charge on any atom is 0.148 e. The summed E-state index contributed by atoms with van der Waals surface area (Å²) in [6.07, 6.45) is -0.449. The Hall–Kier alpha value is -0.420. The quantitative estimate of drug-likeness (QED) is 0.826.